The standard InChI is InChI=1S/C22H26N4O2S/c1-3-26-21(19-11-7-8-17(2)14-19)23-24-22(26)29-16-20(28)25(12-13-27)15-18-9-5-4-6-10-18/h4-11,14,27H,3,12-13,15-16H2,1-2H3. The molecule has 3 rings (SSSR count). The first kappa shape index (κ1) is 21.1. The molecule has 29 heavy (non-hydrogen) atoms. The van der Waals surface area contributed by atoms with E-state index in [1.807, 2.05) is 66.9 Å². The van der Waals surface area contributed by atoms with E-state index in [0.29, 0.717) is 13.1 Å². The minimum Gasteiger partial charge on any atom is -0.395 e. The second-order valence-electron chi connectivity index (χ2n) is 6.73. The van der Waals surface area contributed by atoms with Crippen LogP contribution in [0.15, 0.2) is 59.8 Å². The Morgan fingerprint density at radius 1 is 1.14 bits per heavy atom. The molecule has 0 spiro atoms. The van der Waals surface area contributed by atoms with Crippen LogP contribution in [0.3, 0.4) is 0 Å². The Morgan fingerprint density at radius 2 is 1.93 bits per heavy atom. The molecule has 0 atom stereocenters. The van der Waals surface area contributed by atoms with Gasteiger partial charge in [0.2, 0.25) is 5.91 Å². The maximum Gasteiger partial charge on any atom is 0.233 e. The first-order valence-corrected chi connectivity index (χ1v) is 10.7. The summed E-state index contributed by atoms with van der Waals surface area (Å²) < 4.78 is 2.03. The lowest BCUT2D eigenvalue weighted by atomic mass is 10.1. The monoisotopic (exact) mass is 410 g/mol. The van der Waals surface area contributed by atoms with Crippen LogP contribution in [0.2, 0.25) is 0 Å². The largest absolute Gasteiger partial charge is 0.395 e. The summed E-state index contributed by atoms with van der Waals surface area (Å²) in [4.78, 5) is 14.4. The third kappa shape index (κ3) is 5.46. The van der Waals surface area contributed by atoms with Gasteiger partial charge in [-0.3, -0.25) is 4.79 Å². The van der Waals surface area contributed by atoms with Crippen molar-refractivity contribution >= 4 is 17.7 Å². The van der Waals surface area contributed by atoms with Crippen molar-refractivity contribution in [2.24, 2.45) is 0 Å². The predicted molar refractivity (Wildman–Crippen MR) is 116 cm³/mol. The molecule has 0 aliphatic rings. The van der Waals surface area contributed by atoms with Crippen LogP contribution in [0.1, 0.15) is 18.1 Å². The number of carbonyl (C=O) groups is 1. The van der Waals surface area contributed by atoms with Gasteiger partial charge in [-0.15, -0.1) is 10.2 Å². The second-order valence-corrected chi connectivity index (χ2v) is 7.68. The number of aliphatic hydroxyl groups is 1. The summed E-state index contributed by atoms with van der Waals surface area (Å²) in [5.41, 5.74) is 3.22. The number of benzene rings is 2. The molecule has 0 bridgehead atoms. The van der Waals surface area contributed by atoms with Gasteiger partial charge in [-0.05, 0) is 25.5 Å². The molecule has 0 fully saturated rings. The number of thioether (sulfide) groups is 1. The van der Waals surface area contributed by atoms with Gasteiger partial charge in [-0.2, -0.15) is 0 Å². The molecule has 0 aliphatic heterocycles. The molecule has 0 aliphatic carbocycles. The normalized spacial score (nSPS) is 10.9. The third-order valence-corrected chi connectivity index (χ3v) is 5.52. The molecule has 1 heterocycles. The Labute approximate surface area is 175 Å². The molecule has 6 nitrogen and oxygen atoms in total. The SMILES string of the molecule is CCn1c(SCC(=O)N(CCO)Cc2ccccc2)nnc1-c1cccc(C)c1. The van der Waals surface area contributed by atoms with E-state index in [4.69, 9.17) is 0 Å². The van der Waals surface area contributed by atoms with E-state index in [2.05, 4.69) is 16.3 Å². The Balaban J connectivity index is 1.70. The number of rotatable bonds is 9. The van der Waals surface area contributed by atoms with E-state index in [1.54, 1.807) is 4.90 Å². The van der Waals surface area contributed by atoms with Crippen molar-refractivity contribution in [1.82, 2.24) is 19.7 Å². The Morgan fingerprint density at radius 3 is 2.62 bits per heavy atom. The van der Waals surface area contributed by atoms with Crippen molar-refractivity contribution in [1.29, 1.82) is 0 Å². The number of amides is 1. The second kappa shape index (κ2) is 10.2. The minimum atomic E-state index is -0.0636. The molecular weight excluding hydrogens is 384 g/mol. The van der Waals surface area contributed by atoms with Crippen molar-refractivity contribution in [3.05, 3.63) is 65.7 Å². The highest BCUT2D eigenvalue weighted by molar-refractivity contribution is 7.99. The fourth-order valence-electron chi connectivity index (χ4n) is 3.11. The van der Waals surface area contributed by atoms with Crippen LogP contribution in [-0.2, 0) is 17.9 Å². The summed E-state index contributed by atoms with van der Waals surface area (Å²) >= 11 is 1.38. The maximum atomic E-state index is 12.8. The van der Waals surface area contributed by atoms with Gasteiger partial charge in [0.15, 0.2) is 11.0 Å². The molecule has 7 heteroatoms. The highest BCUT2D eigenvalue weighted by Crippen LogP contribution is 2.25. The maximum absolute atomic E-state index is 12.8. The Bertz CT molecular complexity index is 943. The van der Waals surface area contributed by atoms with Gasteiger partial charge in [0.05, 0.1) is 12.4 Å². The Hall–Kier alpha value is -2.64. The summed E-state index contributed by atoms with van der Waals surface area (Å²) in [5.74, 6) is 1.03. The summed E-state index contributed by atoms with van der Waals surface area (Å²) in [6.07, 6.45) is 0. The van der Waals surface area contributed by atoms with Crippen molar-refractivity contribution in [2.75, 3.05) is 18.9 Å². The number of aryl methyl sites for hydroxylation is 1. The average Bonchev–Trinajstić information content (AvgIpc) is 3.15. The average molecular weight is 411 g/mol. The zero-order valence-corrected chi connectivity index (χ0v) is 17.6. The highest BCUT2D eigenvalue weighted by atomic mass is 32.2. The van der Waals surface area contributed by atoms with Gasteiger partial charge in [-0.1, -0.05) is 65.9 Å². The van der Waals surface area contributed by atoms with E-state index in [1.165, 1.54) is 11.8 Å². The fourth-order valence-corrected chi connectivity index (χ4v) is 4.02. The van der Waals surface area contributed by atoms with E-state index in [9.17, 15) is 9.90 Å². The van der Waals surface area contributed by atoms with Crippen LogP contribution >= 0.6 is 11.8 Å². The van der Waals surface area contributed by atoms with Gasteiger partial charge < -0.3 is 14.6 Å². The number of aromatic nitrogens is 3. The lowest BCUT2D eigenvalue weighted by Gasteiger charge is -2.21. The van der Waals surface area contributed by atoms with Crippen molar-refractivity contribution in [3.8, 4) is 11.4 Å². The van der Waals surface area contributed by atoms with Gasteiger partial charge in [0, 0.05) is 25.2 Å². The minimum absolute atomic E-state index is 0.0318. The van der Waals surface area contributed by atoms with Crippen LogP contribution < -0.4 is 0 Å². The molecule has 152 valence electrons. The smallest absolute Gasteiger partial charge is 0.233 e. The van der Waals surface area contributed by atoms with Crippen molar-refractivity contribution in [2.45, 2.75) is 32.1 Å². The summed E-state index contributed by atoms with van der Waals surface area (Å²) in [5, 5.41) is 18.7. The van der Waals surface area contributed by atoms with E-state index in [-0.39, 0.29) is 18.3 Å². The molecule has 2 aromatic carbocycles. The van der Waals surface area contributed by atoms with E-state index < -0.39 is 0 Å². The van der Waals surface area contributed by atoms with Crippen LogP contribution in [0.5, 0.6) is 0 Å². The lowest BCUT2D eigenvalue weighted by molar-refractivity contribution is -0.129. The number of aliphatic hydroxyl groups excluding tert-OH is 1. The van der Waals surface area contributed by atoms with Crippen molar-refractivity contribution < 1.29 is 9.90 Å². The van der Waals surface area contributed by atoms with Gasteiger partial charge >= 0.3 is 0 Å². The number of carbonyl (C=O) groups excluding carboxylic acids is 1. The summed E-state index contributed by atoms with van der Waals surface area (Å²) in [7, 11) is 0. The molecular formula is C22H26N4O2S. The zero-order valence-electron chi connectivity index (χ0n) is 16.8. The third-order valence-electron chi connectivity index (χ3n) is 4.57. The van der Waals surface area contributed by atoms with Gasteiger partial charge in [-0.25, -0.2) is 0 Å². The van der Waals surface area contributed by atoms with Gasteiger partial charge in [0.25, 0.3) is 0 Å². The van der Waals surface area contributed by atoms with Crippen LogP contribution in [0, 0.1) is 6.92 Å². The Kier molecular flexibility index (Phi) is 7.43. The molecule has 0 saturated carbocycles. The summed E-state index contributed by atoms with van der Waals surface area (Å²) in [6.45, 7) is 5.54. The quantitative estimate of drug-likeness (QED) is 0.548. The van der Waals surface area contributed by atoms with Crippen LogP contribution in [0.25, 0.3) is 11.4 Å². The number of hydrogen-bond donors (Lipinski definition) is 1. The number of hydrogen-bond acceptors (Lipinski definition) is 5. The zero-order chi connectivity index (χ0) is 20.6. The highest BCUT2D eigenvalue weighted by Gasteiger charge is 2.18. The molecule has 3 aromatic rings. The first-order valence-electron chi connectivity index (χ1n) is 9.68. The first-order chi connectivity index (χ1) is 14.1. The van der Waals surface area contributed by atoms with Crippen LogP contribution in [0.4, 0.5) is 0 Å². The number of nitrogens with zero attached hydrogens (tertiary/aromatic N) is 4. The van der Waals surface area contributed by atoms with E-state index in [0.717, 1.165) is 34.2 Å². The van der Waals surface area contributed by atoms with Crippen LogP contribution in [-0.4, -0.2) is 49.6 Å². The van der Waals surface area contributed by atoms with Crippen molar-refractivity contribution in [3.63, 3.8) is 0 Å². The molecule has 0 unspecified atom stereocenters. The fraction of sp³-hybridized carbons (Fsp3) is 0.318. The topological polar surface area (TPSA) is 71.2 Å². The lowest BCUT2D eigenvalue weighted by Crippen LogP contribution is -2.34. The molecule has 1 aromatic heterocycles. The predicted octanol–water partition coefficient (Wildman–Crippen LogP) is 3.39. The summed E-state index contributed by atoms with van der Waals surface area (Å²) in [6, 6.07) is 18.0. The molecule has 0 saturated heterocycles. The van der Waals surface area contributed by atoms with Gasteiger partial charge in [0.1, 0.15) is 0 Å². The molecule has 1 N–H and O–H groups in total. The van der Waals surface area contributed by atoms with E-state index >= 15 is 0 Å². The molecule has 0 radical (unpaired) electrons. The molecule has 1 amide bonds.